The van der Waals surface area contributed by atoms with Crippen LogP contribution in [0.1, 0.15) is 18.3 Å². The number of para-hydroxylation sites is 1. The summed E-state index contributed by atoms with van der Waals surface area (Å²) in [5.74, 6) is 0.141. The lowest BCUT2D eigenvalue weighted by molar-refractivity contribution is -0.131. The molecule has 3 amide bonds. The Bertz CT molecular complexity index is 1060. The molecule has 1 saturated heterocycles. The number of H-pyrrole nitrogens is 1. The topological polar surface area (TPSA) is 95.2 Å². The summed E-state index contributed by atoms with van der Waals surface area (Å²) in [5, 5.41) is 6.99. The maximum atomic E-state index is 12.8. The lowest BCUT2D eigenvalue weighted by atomic mass is 9.95. The molecule has 1 atom stereocenters. The van der Waals surface area contributed by atoms with Gasteiger partial charge in [0.1, 0.15) is 11.4 Å². The number of aromatic nitrogens is 2. The standard InChI is InChI=1S/C18H16N4O3S/c1-18(11-7-9-26-10-11)16(24)22(17(25)21-18)8-6-14-19-13-5-3-2-4-12(13)15(23)20-14/h2-5,7,9-10H,6,8H2,1H3,(H,21,25)(H,19,20,23). The third-order valence-electron chi connectivity index (χ3n) is 4.61. The van der Waals surface area contributed by atoms with E-state index in [0.29, 0.717) is 16.7 Å². The van der Waals surface area contributed by atoms with Crippen molar-refractivity contribution >= 4 is 34.2 Å². The van der Waals surface area contributed by atoms with Gasteiger partial charge in [-0.3, -0.25) is 14.5 Å². The van der Waals surface area contributed by atoms with Crippen molar-refractivity contribution in [1.29, 1.82) is 0 Å². The number of rotatable bonds is 4. The molecule has 1 aliphatic heterocycles. The number of aromatic amines is 1. The van der Waals surface area contributed by atoms with Gasteiger partial charge in [0, 0.05) is 13.0 Å². The van der Waals surface area contributed by atoms with Crippen molar-refractivity contribution in [2.24, 2.45) is 0 Å². The van der Waals surface area contributed by atoms with E-state index in [9.17, 15) is 14.4 Å². The van der Waals surface area contributed by atoms with Gasteiger partial charge >= 0.3 is 6.03 Å². The Morgan fingerprint density at radius 1 is 1.19 bits per heavy atom. The third-order valence-corrected chi connectivity index (χ3v) is 5.29. The molecule has 2 aromatic heterocycles. The molecule has 3 heterocycles. The highest BCUT2D eigenvalue weighted by Crippen LogP contribution is 2.30. The zero-order valence-corrected chi connectivity index (χ0v) is 14.8. The molecular weight excluding hydrogens is 352 g/mol. The van der Waals surface area contributed by atoms with Crippen molar-refractivity contribution in [3.8, 4) is 0 Å². The van der Waals surface area contributed by atoms with Gasteiger partial charge in [-0.2, -0.15) is 11.3 Å². The Morgan fingerprint density at radius 3 is 2.77 bits per heavy atom. The highest BCUT2D eigenvalue weighted by atomic mass is 32.1. The SMILES string of the molecule is CC1(c2ccsc2)NC(=O)N(CCc2nc3ccccc3c(=O)[nH]2)C1=O. The molecule has 2 N–H and O–H groups in total. The maximum absolute atomic E-state index is 12.8. The molecule has 1 aromatic carbocycles. The Balaban J connectivity index is 1.56. The first-order chi connectivity index (χ1) is 12.5. The van der Waals surface area contributed by atoms with Gasteiger partial charge in [-0.25, -0.2) is 9.78 Å². The number of benzene rings is 1. The van der Waals surface area contributed by atoms with Crippen molar-refractivity contribution < 1.29 is 9.59 Å². The summed E-state index contributed by atoms with van der Waals surface area (Å²) in [6, 6.07) is 8.44. The average Bonchev–Trinajstić information content (AvgIpc) is 3.23. The van der Waals surface area contributed by atoms with Gasteiger partial charge in [0.05, 0.1) is 10.9 Å². The smallest absolute Gasteiger partial charge is 0.319 e. The Labute approximate surface area is 152 Å². The van der Waals surface area contributed by atoms with Gasteiger partial charge in [0.15, 0.2) is 0 Å². The number of thiophene rings is 1. The zero-order chi connectivity index (χ0) is 18.3. The first-order valence-corrected chi connectivity index (χ1v) is 9.08. The van der Waals surface area contributed by atoms with Crippen molar-refractivity contribution in [3.63, 3.8) is 0 Å². The molecule has 0 radical (unpaired) electrons. The Kier molecular flexibility index (Phi) is 3.84. The normalized spacial score (nSPS) is 20.0. The minimum Gasteiger partial charge on any atom is -0.319 e. The minimum atomic E-state index is -1.05. The Morgan fingerprint density at radius 2 is 2.00 bits per heavy atom. The van der Waals surface area contributed by atoms with Crippen LogP contribution in [0.4, 0.5) is 4.79 Å². The molecule has 0 spiro atoms. The van der Waals surface area contributed by atoms with Gasteiger partial charge in [-0.15, -0.1) is 0 Å². The molecule has 4 rings (SSSR count). The number of carbonyl (C=O) groups excluding carboxylic acids is 2. The summed E-state index contributed by atoms with van der Waals surface area (Å²) in [6.45, 7) is 1.84. The monoisotopic (exact) mass is 368 g/mol. The lowest BCUT2D eigenvalue weighted by Gasteiger charge is -2.20. The summed E-state index contributed by atoms with van der Waals surface area (Å²) in [7, 11) is 0. The van der Waals surface area contributed by atoms with E-state index in [0.717, 1.165) is 5.56 Å². The predicted molar refractivity (Wildman–Crippen MR) is 98.0 cm³/mol. The van der Waals surface area contributed by atoms with Crippen molar-refractivity contribution in [3.05, 3.63) is 62.8 Å². The number of hydrogen-bond donors (Lipinski definition) is 2. The number of urea groups is 1. The van der Waals surface area contributed by atoms with Crippen LogP contribution >= 0.6 is 11.3 Å². The Hall–Kier alpha value is -3.00. The summed E-state index contributed by atoms with van der Waals surface area (Å²) in [5.41, 5.74) is 0.0689. The van der Waals surface area contributed by atoms with Gasteiger partial charge in [-0.1, -0.05) is 12.1 Å². The molecule has 0 aliphatic carbocycles. The molecular formula is C18H16N4O3S. The second-order valence-electron chi connectivity index (χ2n) is 6.30. The number of imide groups is 1. The molecule has 3 aromatic rings. The van der Waals surface area contributed by atoms with Crippen LogP contribution in [0.25, 0.3) is 10.9 Å². The fraction of sp³-hybridized carbons (Fsp3) is 0.222. The van der Waals surface area contributed by atoms with Crippen LogP contribution in [0.15, 0.2) is 45.9 Å². The van der Waals surface area contributed by atoms with Crippen LogP contribution in [0.3, 0.4) is 0 Å². The molecule has 1 aliphatic rings. The molecule has 132 valence electrons. The molecule has 26 heavy (non-hydrogen) atoms. The van der Waals surface area contributed by atoms with Crippen LogP contribution in [0.2, 0.25) is 0 Å². The minimum absolute atomic E-state index is 0.145. The number of carbonyl (C=O) groups is 2. The van der Waals surface area contributed by atoms with Crippen molar-refractivity contribution in [2.45, 2.75) is 18.9 Å². The quantitative estimate of drug-likeness (QED) is 0.689. The fourth-order valence-electron chi connectivity index (χ4n) is 3.12. The van der Waals surface area contributed by atoms with Gasteiger partial charge in [-0.05, 0) is 41.4 Å². The molecule has 7 nitrogen and oxygen atoms in total. The van der Waals surface area contributed by atoms with E-state index >= 15 is 0 Å². The summed E-state index contributed by atoms with van der Waals surface area (Å²) in [4.78, 5) is 45.5. The molecule has 1 fully saturated rings. The average molecular weight is 368 g/mol. The number of fused-ring (bicyclic) bond motifs is 1. The summed E-state index contributed by atoms with van der Waals surface area (Å²) in [6.07, 6.45) is 0.277. The highest BCUT2D eigenvalue weighted by Gasteiger charge is 2.48. The van der Waals surface area contributed by atoms with Crippen LogP contribution in [0.5, 0.6) is 0 Å². The number of nitrogens with zero attached hydrogens (tertiary/aromatic N) is 2. The summed E-state index contributed by atoms with van der Waals surface area (Å²) >= 11 is 1.47. The molecule has 8 heteroatoms. The van der Waals surface area contributed by atoms with Gasteiger partial charge < -0.3 is 10.3 Å². The van der Waals surface area contributed by atoms with E-state index in [1.54, 1.807) is 25.1 Å². The molecule has 1 unspecified atom stereocenters. The van der Waals surface area contributed by atoms with E-state index in [4.69, 9.17) is 0 Å². The van der Waals surface area contributed by atoms with Gasteiger partial charge in [0.2, 0.25) is 0 Å². The number of hydrogen-bond acceptors (Lipinski definition) is 5. The van der Waals surface area contributed by atoms with E-state index in [-0.39, 0.29) is 24.4 Å². The summed E-state index contributed by atoms with van der Waals surface area (Å²) < 4.78 is 0. The number of nitrogens with one attached hydrogen (secondary N) is 2. The number of amides is 3. The molecule has 0 saturated carbocycles. The van der Waals surface area contributed by atoms with E-state index in [1.807, 2.05) is 22.9 Å². The first-order valence-electron chi connectivity index (χ1n) is 8.14. The maximum Gasteiger partial charge on any atom is 0.325 e. The van der Waals surface area contributed by atoms with E-state index < -0.39 is 11.6 Å². The first kappa shape index (κ1) is 16.5. The highest BCUT2D eigenvalue weighted by molar-refractivity contribution is 7.08. The second kappa shape index (κ2) is 6.06. The van der Waals surface area contributed by atoms with Crippen LogP contribution < -0.4 is 10.9 Å². The van der Waals surface area contributed by atoms with Crippen LogP contribution in [-0.4, -0.2) is 33.4 Å². The van der Waals surface area contributed by atoms with Crippen molar-refractivity contribution in [2.75, 3.05) is 6.54 Å². The van der Waals surface area contributed by atoms with Crippen molar-refractivity contribution in [1.82, 2.24) is 20.2 Å². The largest absolute Gasteiger partial charge is 0.325 e. The fourth-order valence-corrected chi connectivity index (χ4v) is 3.88. The van der Waals surface area contributed by atoms with Crippen LogP contribution in [0, 0.1) is 0 Å². The van der Waals surface area contributed by atoms with Crippen LogP contribution in [-0.2, 0) is 16.8 Å². The lowest BCUT2D eigenvalue weighted by Crippen LogP contribution is -2.40. The van der Waals surface area contributed by atoms with E-state index in [2.05, 4.69) is 15.3 Å². The third kappa shape index (κ3) is 2.59. The van der Waals surface area contributed by atoms with E-state index in [1.165, 1.54) is 16.2 Å². The van der Waals surface area contributed by atoms with Gasteiger partial charge in [0.25, 0.3) is 11.5 Å². The predicted octanol–water partition coefficient (Wildman–Crippen LogP) is 1.99. The second-order valence-corrected chi connectivity index (χ2v) is 7.08. The molecule has 0 bridgehead atoms. The zero-order valence-electron chi connectivity index (χ0n) is 14.0.